The maximum Gasteiger partial charge on any atom is 0.261 e. The van der Waals surface area contributed by atoms with Crippen LogP contribution in [0.1, 0.15) is 57.6 Å². The zero-order valence-electron chi connectivity index (χ0n) is 35.4. The second-order valence-corrected chi connectivity index (χ2v) is 19.8. The number of ether oxygens (including phenoxy) is 2. The van der Waals surface area contributed by atoms with Gasteiger partial charge in [-0.15, -0.1) is 0 Å². The first-order chi connectivity index (χ1) is 32.8. The van der Waals surface area contributed by atoms with E-state index in [9.17, 15) is 36.7 Å². The Bertz CT molecular complexity index is 3080. The summed E-state index contributed by atoms with van der Waals surface area (Å²) in [6, 6.07) is 16.4. The fourth-order valence-corrected chi connectivity index (χ4v) is 11.1. The average molecular weight is 1100 g/mol. The number of carbonyl (C=O) groups excluding carboxylic acids is 4. The standard InChI is InChI=1S/C27H19BrF2N4O4S.C20H18BrF2N3O2S/c28-19-12-31-34-7-8-38-27-18(23(19)34)11-22(39-27)24(35)32-15(9-14-5-6-20(29)21(30)10-14)13-33-25(36)16-3-1-2-4-17(16)26(33)37;21-14-10-25-26-3-4-28-20-13(19(14)26)8-18(29-20)17(27)7-12(9-24)5-11-1-2-15(22)16(23)6-11/h1-6,10-12,15H,7-9,13H2,(H,32,35);1-2,6,8,10,12H,3-5,7,9,24H2/t15-;12-/m01/s1. The molecule has 4 aromatic heterocycles. The van der Waals surface area contributed by atoms with Crippen molar-refractivity contribution in [2.45, 2.75) is 38.4 Å². The van der Waals surface area contributed by atoms with E-state index in [4.69, 9.17) is 15.2 Å². The molecule has 2 atom stereocenters. The molecule has 0 aliphatic carbocycles. The Hall–Kier alpha value is -6.00. The lowest BCUT2D eigenvalue weighted by Crippen LogP contribution is -2.46. The summed E-state index contributed by atoms with van der Waals surface area (Å²) < 4.78 is 71.0. The van der Waals surface area contributed by atoms with Crippen molar-refractivity contribution in [1.82, 2.24) is 29.8 Å². The lowest BCUT2D eigenvalue weighted by Gasteiger charge is -2.24. The minimum Gasteiger partial charge on any atom is -0.481 e. The highest BCUT2D eigenvalue weighted by Crippen LogP contribution is 2.44. The predicted octanol–water partition coefficient (Wildman–Crippen LogP) is 9.12. The highest BCUT2D eigenvalue weighted by Gasteiger charge is 2.37. The largest absolute Gasteiger partial charge is 0.481 e. The predicted molar refractivity (Wildman–Crippen MR) is 252 cm³/mol. The molecule has 3 amide bonds. The van der Waals surface area contributed by atoms with Crippen LogP contribution in [0.15, 0.2) is 94.1 Å². The summed E-state index contributed by atoms with van der Waals surface area (Å²) in [5.74, 6) is -5.44. The van der Waals surface area contributed by atoms with Crippen molar-refractivity contribution < 1.29 is 46.2 Å². The van der Waals surface area contributed by atoms with Gasteiger partial charge in [-0.1, -0.05) is 46.9 Å². The molecule has 350 valence electrons. The Morgan fingerprint density at radius 1 is 0.706 bits per heavy atom. The minimum absolute atomic E-state index is 0.0492. The number of carbonyl (C=O) groups is 4. The van der Waals surface area contributed by atoms with Gasteiger partial charge in [0.05, 0.1) is 83.9 Å². The van der Waals surface area contributed by atoms with Gasteiger partial charge in [0.25, 0.3) is 17.7 Å². The monoisotopic (exact) mass is 1090 g/mol. The number of halogens is 6. The number of aromatic nitrogens is 4. The number of nitrogens with zero attached hydrogens (tertiary/aromatic N) is 5. The van der Waals surface area contributed by atoms with Gasteiger partial charge in [0, 0.05) is 13.0 Å². The molecule has 0 radical (unpaired) electrons. The number of hydrogen-bond acceptors (Lipinski definition) is 11. The number of rotatable bonds is 12. The maximum absolute atomic E-state index is 14.0. The van der Waals surface area contributed by atoms with E-state index in [-0.39, 0.29) is 48.8 Å². The van der Waals surface area contributed by atoms with Crippen molar-refractivity contribution in [2.75, 3.05) is 26.3 Å². The highest BCUT2D eigenvalue weighted by atomic mass is 79.9. The van der Waals surface area contributed by atoms with E-state index in [1.165, 1.54) is 34.8 Å². The molecule has 7 aromatic rings. The molecule has 0 fully saturated rings. The Morgan fingerprint density at radius 2 is 1.22 bits per heavy atom. The summed E-state index contributed by atoms with van der Waals surface area (Å²) in [6.45, 7) is 2.16. The van der Waals surface area contributed by atoms with Crippen molar-refractivity contribution in [3.05, 3.63) is 149 Å². The van der Waals surface area contributed by atoms with Crippen LogP contribution >= 0.6 is 54.5 Å². The summed E-state index contributed by atoms with van der Waals surface area (Å²) in [4.78, 5) is 54.3. The first kappa shape index (κ1) is 47.1. The zero-order valence-corrected chi connectivity index (χ0v) is 40.3. The SMILES string of the molecule is NC[C@@H](CC(=O)c1cc2c(s1)OCCn1ncc(Br)c1-2)Cc1ccc(F)c(F)c1.O=C(N[C@@H](Cc1ccc(F)c(F)c1)CN1C(=O)c2ccccc2C1=O)c1cc2c(s1)OCCn1ncc(Br)c1-2. The molecule has 68 heavy (non-hydrogen) atoms. The Balaban J connectivity index is 0.000000178. The quantitative estimate of drug-likeness (QED) is 0.0690. The van der Waals surface area contributed by atoms with Crippen LogP contribution in [0.2, 0.25) is 0 Å². The van der Waals surface area contributed by atoms with E-state index < -0.39 is 47.0 Å². The van der Waals surface area contributed by atoms with E-state index in [0.717, 1.165) is 55.1 Å². The summed E-state index contributed by atoms with van der Waals surface area (Å²) in [5.41, 5.74) is 10.7. The summed E-state index contributed by atoms with van der Waals surface area (Å²) in [7, 11) is 0. The number of nitrogens with two attached hydrogens (primary N) is 1. The normalized spacial score (nSPS) is 14.4. The maximum atomic E-state index is 14.0. The van der Waals surface area contributed by atoms with Crippen molar-refractivity contribution in [3.63, 3.8) is 0 Å². The van der Waals surface area contributed by atoms with Crippen molar-refractivity contribution in [2.24, 2.45) is 11.7 Å². The smallest absolute Gasteiger partial charge is 0.261 e. The van der Waals surface area contributed by atoms with E-state index >= 15 is 0 Å². The average Bonchev–Trinajstić information content (AvgIpc) is 4.12. The third kappa shape index (κ3) is 9.67. The molecule has 0 saturated heterocycles. The van der Waals surface area contributed by atoms with Crippen LogP contribution in [-0.4, -0.2) is 80.3 Å². The van der Waals surface area contributed by atoms with Crippen LogP contribution in [0.25, 0.3) is 22.5 Å². The molecule has 0 spiro atoms. The molecule has 7 heterocycles. The van der Waals surface area contributed by atoms with Crippen LogP contribution in [0.3, 0.4) is 0 Å². The first-order valence-corrected chi connectivity index (χ1v) is 24.3. The van der Waals surface area contributed by atoms with Crippen LogP contribution in [0.4, 0.5) is 17.6 Å². The molecule has 0 saturated carbocycles. The Morgan fingerprint density at radius 3 is 1.75 bits per heavy atom. The molecule has 3 N–H and O–H groups in total. The number of amides is 3. The number of imide groups is 1. The van der Waals surface area contributed by atoms with Gasteiger partial charge in [0.1, 0.15) is 13.2 Å². The number of fused-ring (bicyclic) bond motifs is 7. The fourth-order valence-electron chi connectivity index (χ4n) is 8.19. The summed E-state index contributed by atoms with van der Waals surface area (Å²) in [6.07, 6.45) is 4.09. The Labute approximate surface area is 410 Å². The molecule has 3 aliphatic rings. The van der Waals surface area contributed by atoms with E-state index in [1.807, 2.05) is 10.7 Å². The number of nitrogens with one attached hydrogen (secondary N) is 1. The third-order valence-electron chi connectivity index (χ3n) is 11.5. The van der Waals surface area contributed by atoms with Gasteiger partial charge in [-0.05, 0) is 117 Å². The molecule has 3 aliphatic heterocycles. The molecular weight excluding hydrogens is 1060 g/mol. The van der Waals surface area contributed by atoms with E-state index in [0.29, 0.717) is 69.3 Å². The highest BCUT2D eigenvalue weighted by molar-refractivity contribution is 9.11. The fraction of sp³-hybridized carbons (Fsp3) is 0.234. The van der Waals surface area contributed by atoms with E-state index in [2.05, 4.69) is 47.4 Å². The second-order valence-electron chi connectivity index (χ2n) is 16.0. The van der Waals surface area contributed by atoms with E-state index in [1.54, 1.807) is 47.4 Å². The number of benzene rings is 3. The van der Waals surface area contributed by atoms with Crippen LogP contribution in [-0.2, 0) is 25.9 Å². The van der Waals surface area contributed by atoms with Crippen LogP contribution in [0, 0.1) is 29.2 Å². The number of ketones is 1. The number of Topliss-reactive ketones (excluding diaryl/α,β-unsaturated/α-hetero) is 1. The summed E-state index contributed by atoms with van der Waals surface area (Å²) >= 11 is 9.49. The van der Waals surface area contributed by atoms with Gasteiger partial charge >= 0.3 is 0 Å². The zero-order chi connectivity index (χ0) is 47.8. The molecule has 3 aromatic carbocycles. The summed E-state index contributed by atoms with van der Waals surface area (Å²) in [5, 5.41) is 12.8. The van der Waals surface area contributed by atoms with Crippen molar-refractivity contribution in [3.8, 4) is 32.6 Å². The molecule has 13 nitrogen and oxygen atoms in total. The lowest BCUT2D eigenvalue weighted by atomic mass is 9.93. The van der Waals surface area contributed by atoms with Gasteiger partial charge in [-0.25, -0.2) is 17.6 Å². The molecule has 0 unspecified atom stereocenters. The van der Waals surface area contributed by atoms with Gasteiger partial charge in [-0.2, -0.15) is 10.2 Å². The van der Waals surface area contributed by atoms with Gasteiger partial charge in [0.15, 0.2) is 39.2 Å². The second kappa shape index (κ2) is 19.9. The molecule has 10 rings (SSSR count). The Kier molecular flexibility index (Phi) is 13.8. The van der Waals surface area contributed by atoms with Gasteiger partial charge in [0.2, 0.25) is 0 Å². The van der Waals surface area contributed by atoms with Gasteiger partial charge < -0.3 is 20.5 Å². The van der Waals surface area contributed by atoms with Crippen LogP contribution in [0.5, 0.6) is 10.1 Å². The van der Waals surface area contributed by atoms with Crippen molar-refractivity contribution >= 4 is 78.0 Å². The number of hydrogen-bond donors (Lipinski definition) is 2. The number of thiophene rings is 2. The minimum atomic E-state index is -1.03. The van der Waals surface area contributed by atoms with Crippen LogP contribution < -0.4 is 20.5 Å². The molecule has 0 bridgehead atoms. The molecule has 21 heteroatoms. The lowest BCUT2D eigenvalue weighted by molar-refractivity contribution is 0.0628. The topological polar surface area (TPSA) is 164 Å². The third-order valence-corrected chi connectivity index (χ3v) is 14.8. The van der Waals surface area contributed by atoms with Gasteiger partial charge in [-0.3, -0.25) is 33.4 Å². The molecular formula is C47H37Br2F4N7O6S2. The van der Waals surface area contributed by atoms with Crippen molar-refractivity contribution in [1.29, 1.82) is 0 Å². The first-order valence-electron chi connectivity index (χ1n) is 21.1.